The number of amides is 1. The highest BCUT2D eigenvalue weighted by molar-refractivity contribution is 6.30. The van der Waals surface area contributed by atoms with Gasteiger partial charge in [0.05, 0.1) is 13.5 Å². The Morgan fingerprint density at radius 1 is 1.14 bits per heavy atom. The van der Waals surface area contributed by atoms with E-state index in [-0.39, 0.29) is 5.91 Å². The van der Waals surface area contributed by atoms with E-state index in [1.165, 1.54) is 5.56 Å². The first-order valence-corrected chi connectivity index (χ1v) is 7.69. The Morgan fingerprint density at radius 2 is 1.91 bits per heavy atom. The van der Waals surface area contributed by atoms with Gasteiger partial charge in [0.25, 0.3) is 0 Å². The molecule has 0 aliphatic heterocycles. The van der Waals surface area contributed by atoms with Crippen LogP contribution in [0, 0.1) is 0 Å². The maximum Gasteiger partial charge on any atom is 0.224 e. The third kappa shape index (κ3) is 5.41. The van der Waals surface area contributed by atoms with E-state index >= 15 is 0 Å². The highest BCUT2D eigenvalue weighted by Gasteiger charge is 2.03. The number of carbonyl (C=O) groups excluding carboxylic acids is 1. The van der Waals surface area contributed by atoms with Crippen LogP contribution < -0.4 is 10.1 Å². The summed E-state index contributed by atoms with van der Waals surface area (Å²) in [7, 11) is 1.66. The van der Waals surface area contributed by atoms with E-state index in [0.717, 1.165) is 24.2 Å². The number of carbonyl (C=O) groups is 1. The van der Waals surface area contributed by atoms with Crippen molar-refractivity contribution in [3.05, 3.63) is 64.7 Å². The fourth-order valence-corrected chi connectivity index (χ4v) is 2.32. The number of ether oxygens (including phenoxy) is 1. The molecule has 0 aliphatic rings. The van der Waals surface area contributed by atoms with Crippen molar-refractivity contribution in [2.24, 2.45) is 0 Å². The second-order valence-corrected chi connectivity index (χ2v) is 5.54. The second kappa shape index (κ2) is 8.44. The summed E-state index contributed by atoms with van der Waals surface area (Å²) in [5, 5.41) is 3.62. The molecule has 1 N–H and O–H groups in total. The molecule has 0 saturated heterocycles. The third-order valence-corrected chi connectivity index (χ3v) is 3.63. The van der Waals surface area contributed by atoms with Gasteiger partial charge >= 0.3 is 0 Å². The van der Waals surface area contributed by atoms with Crippen molar-refractivity contribution in [2.45, 2.75) is 19.3 Å². The zero-order valence-electron chi connectivity index (χ0n) is 12.6. The van der Waals surface area contributed by atoms with Crippen LogP contribution in [0.15, 0.2) is 48.5 Å². The van der Waals surface area contributed by atoms with Gasteiger partial charge in [-0.1, -0.05) is 35.9 Å². The molecular formula is C18H20ClNO2. The van der Waals surface area contributed by atoms with Gasteiger partial charge < -0.3 is 10.1 Å². The summed E-state index contributed by atoms with van der Waals surface area (Å²) >= 11 is 5.82. The van der Waals surface area contributed by atoms with Gasteiger partial charge in [-0.25, -0.2) is 0 Å². The van der Waals surface area contributed by atoms with Gasteiger partial charge in [0.1, 0.15) is 5.75 Å². The SMILES string of the molecule is COc1cccc(CCCNC(=O)Cc2ccc(Cl)cc2)c1. The van der Waals surface area contributed by atoms with Crippen molar-refractivity contribution in [3.63, 3.8) is 0 Å². The van der Waals surface area contributed by atoms with Crippen LogP contribution >= 0.6 is 11.6 Å². The van der Waals surface area contributed by atoms with Gasteiger partial charge in [-0.2, -0.15) is 0 Å². The lowest BCUT2D eigenvalue weighted by Gasteiger charge is -2.07. The molecule has 2 rings (SSSR count). The number of halogens is 1. The summed E-state index contributed by atoms with van der Waals surface area (Å²) in [6, 6.07) is 15.3. The number of hydrogen-bond donors (Lipinski definition) is 1. The van der Waals surface area contributed by atoms with Crippen LogP contribution in [0.25, 0.3) is 0 Å². The molecule has 0 saturated carbocycles. The van der Waals surface area contributed by atoms with Crippen LogP contribution in [0.2, 0.25) is 5.02 Å². The number of rotatable bonds is 7. The quantitative estimate of drug-likeness (QED) is 0.792. The molecule has 0 fully saturated rings. The van der Waals surface area contributed by atoms with Crippen LogP contribution in [0.4, 0.5) is 0 Å². The van der Waals surface area contributed by atoms with E-state index in [9.17, 15) is 4.79 Å². The minimum atomic E-state index is 0.0352. The minimum Gasteiger partial charge on any atom is -0.497 e. The fraction of sp³-hybridized carbons (Fsp3) is 0.278. The predicted molar refractivity (Wildman–Crippen MR) is 89.5 cm³/mol. The standard InChI is InChI=1S/C18H20ClNO2/c1-22-17-6-2-4-14(12-17)5-3-11-20-18(21)13-15-7-9-16(19)10-8-15/h2,4,6-10,12H,3,5,11,13H2,1H3,(H,20,21). The van der Waals surface area contributed by atoms with Crippen LogP contribution in [0.1, 0.15) is 17.5 Å². The maximum absolute atomic E-state index is 11.8. The molecule has 0 bridgehead atoms. The lowest BCUT2D eigenvalue weighted by Crippen LogP contribution is -2.26. The van der Waals surface area contributed by atoms with Crippen molar-refractivity contribution in [1.29, 1.82) is 0 Å². The molecule has 0 atom stereocenters. The minimum absolute atomic E-state index is 0.0352. The smallest absolute Gasteiger partial charge is 0.224 e. The van der Waals surface area contributed by atoms with Crippen LogP contribution in [0.3, 0.4) is 0 Å². The molecule has 0 unspecified atom stereocenters. The third-order valence-electron chi connectivity index (χ3n) is 3.38. The zero-order chi connectivity index (χ0) is 15.8. The van der Waals surface area contributed by atoms with E-state index in [0.29, 0.717) is 18.0 Å². The summed E-state index contributed by atoms with van der Waals surface area (Å²) in [5.41, 5.74) is 2.18. The fourth-order valence-electron chi connectivity index (χ4n) is 2.20. The largest absolute Gasteiger partial charge is 0.497 e. The van der Waals surface area contributed by atoms with Gasteiger partial charge in [0.15, 0.2) is 0 Å². The molecule has 3 nitrogen and oxygen atoms in total. The summed E-state index contributed by atoms with van der Waals surface area (Å²) in [6.07, 6.45) is 2.20. The Kier molecular flexibility index (Phi) is 6.28. The summed E-state index contributed by atoms with van der Waals surface area (Å²) < 4.78 is 5.20. The van der Waals surface area contributed by atoms with E-state index < -0.39 is 0 Å². The first-order chi connectivity index (χ1) is 10.7. The molecular weight excluding hydrogens is 298 g/mol. The number of nitrogens with one attached hydrogen (secondary N) is 1. The molecule has 2 aromatic carbocycles. The topological polar surface area (TPSA) is 38.3 Å². The van der Waals surface area contributed by atoms with Crippen molar-refractivity contribution in [1.82, 2.24) is 5.32 Å². The first kappa shape index (κ1) is 16.4. The zero-order valence-corrected chi connectivity index (χ0v) is 13.4. The Hall–Kier alpha value is -2.00. The summed E-state index contributed by atoms with van der Waals surface area (Å²) in [4.78, 5) is 11.8. The summed E-state index contributed by atoms with van der Waals surface area (Å²) in [5.74, 6) is 0.900. The molecule has 0 aromatic heterocycles. The van der Waals surface area contributed by atoms with Crippen LogP contribution in [-0.4, -0.2) is 19.6 Å². The van der Waals surface area contributed by atoms with Gasteiger partial charge in [-0.3, -0.25) is 4.79 Å². The van der Waals surface area contributed by atoms with E-state index in [1.807, 2.05) is 30.3 Å². The molecule has 0 radical (unpaired) electrons. The Labute approximate surface area is 136 Å². The van der Waals surface area contributed by atoms with Gasteiger partial charge in [0.2, 0.25) is 5.91 Å². The monoisotopic (exact) mass is 317 g/mol. The number of methoxy groups -OCH3 is 1. The van der Waals surface area contributed by atoms with Gasteiger partial charge in [-0.05, 0) is 48.2 Å². The normalized spacial score (nSPS) is 10.3. The maximum atomic E-state index is 11.8. The highest BCUT2D eigenvalue weighted by atomic mass is 35.5. The van der Waals surface area contributed by atoms with Gasteiger partial charge in [0, 0.05) is 11.6 Å². The predicted octanol–water partition coefficient (Wildman–Crippen LogP) is 3.64. The van der Waals surface area contributed by atoms with Crippen molar-refractivity contribution < 1.29 is 9.53 Å². The van der Waals surface area contributed by atoms with E-state index in [4.69, 9.17) is 16.3 Å². The molecule has 22 heavy (non-hydrogen) atoms. The van der Waals surface area contributed by atoms with Gasteiger partial charge in [-0.15, -0.1) is 0 Å². The average Bonchev–Trinajstić information content (AvgIpc) is 2.54. The molecule has 0 aliphatic carbocycles. The summed E-state index contributed by atoms with van der Waals surface area (Å²) in [6.45, 7) is 0.670. The van der Waals surface area contributed by atoms with E-state index in [2.05, 4.69) is 11.4 Å². The average molecular weight is 318 g/mol. The molecule has 0 spiro atoms. The van der Waals surface area contributed by atoms with Crippen molar-refractivity contribution in [3.8, 4) is 5.75 Å². The molecule has 2 aromatic rings. The Morgan fingerprint density at radius 3 is 2.64 bits per heavy atom. The molecule has 116 valence electrons. The number of hydrogen-bond acceptors (Lipinski definition) is 2. The van der Waals surface area contributed by atoms with Crippen LogP contribution in [0.5, 0.6) is 5.75 Å². The Bertz CT molecular complexity index is 611. The highest BCUT2D eigenvalue weighted by Crippen LogP contribution is 2.13. The number of benzene rings is 2. The molecule has 4 heteroatoms. The molecule has 1 amide bonds. The first-order valence-electron chi connectivity index (χ1n) is 7.31. The second-order valence-electron chi connectivity index (χ2n) is 5.11. The lowest BCUT2D eigenvalue weighted by atomic mass is 10.1. The van der Waals surface area contributed by atoms with E-state index in [1.54, 1.807) is 19.2 Å². The number of aryl methyl sites for hydroxylation is 1. The van der Waals surface area contributed by atoms with Crippen molar-refractivity contribution in [2.75, 3.05) is 13.7 Å². The molecule has 0 heterocycles. The lowest BCUT2D eigenvalue weighted by molar-refractivity contribution is -0.120. The van der Waals surface area contributed by atoms with Crippen molar-refractivity contribution >= 4 is 17.5 Å². The van der Waals surface area contributed by atoms with Crippen LogP contribution in [-0.2, 0) is 17.6 Å². The Balaban J connectivity index is 1.69.